The first-order chi connectivity index (χ1) is 11.8. The summed E-state index contributed by atoms with van der Waals surface area (Å²) in [4.78, 5) is 27.5. The van der Waals surface area contributed by atoms with E-state index in [1.54, 1.807) is 11.0 Å². The number of benzene rings is 1. The highest BCUT2D eigenvalue weighted by Gasteiger charge is 2.30. The molecule has 2 rings (SSSR count). The lowest BCUT2D eigenvalue weighted by Gasteiger charge is -2.34. The average Bonchev–Trinajstić information content (AvgIpc) is 2.59. The zero-order valence-electron chi connectivity index (χ0n) is 13.7. The molecule has 1 aliphatic rings. The zero-order valence-corrected chi connectivity index (χ0v) is 13.7. The molecule has 0 bridgehead atoms. The third kappa shape index (κ3) is 5.32. The fraction of sp³-hybridized carbons (Fsp3) is 0.412. The number of carbonyl (C=O) groups excluding carboxylic acids is 2. The lowest BCUT2D eigenvalue weighted by molar-refractivity contribution is -0.137. The van der Waals surface area contributed by atoms with Crippen LogP contribution in [0.1, 0.15) is 15.9 Å². The van der Waals surface area contributed by atoms with Crippen molar-refractivity contribution in [3.05, 3.63) is 48.0 Å². The van der Waals surface area contributed by atoms with Gasteiger partial charge in [0.2, 0.25) is 5.91 Å². The number of hydrogen-bond acceptors (Lipinski definition) is 3. The Morgan fingerprint density at radius 1 is 1.12 bits per heavy atom. The van der Waals surface area contributed by atoms with Gasteiger partial charge in [0, 0.05) is 38.3 Å². The summed E-state index contributed by atoms with van der Waals surface area (Å²) in [5, 5.41) is 2.69. The van der Waals surface area contributed by atoms with Gasteiger partial charge in [0.25, 0.3) is 5.91 Å². The van der Waals surface area contributed by atoms with E-state index in [0.29, 0.717) is 32.7 Å². The van der Waals surface area contributed by atoms with Gasteiger partial charge in [-0.3, -0.25) is 14.5 Å². The predicted molar refractivity (Wildman–Crippen MR) is 87.0 cm³/mol. The zero-order chi connectivity index (χ0) is 18.4. The van der Waals surface area contributed by atoms with Gasteiger partial charge in [0.15, 0.2) is 0 Å². The first-order valence-corrected chi connectivity index (χ1v) is 7.87. The van der Waals surface area contributed by atoms with Gasteiger partial charge in [-0.15, -0.1) is 6.58 Å². The van der Waals surface area contributed by atoms with E-state index >= 15 is 0 Å². The van der Waals surface area contributed by atoms with Crippen molar-refractivity contribution in [1.82, 2.24) is 15.1 Å². The normalized spacial score (nSPS) is 15.7. The van der Waals surface area contributed by atoms with Crippen LogP contribution in [0.2, 0.25) is 0 Å². The summed E-state index contributed by atoms with van der Waals surface area (Å²) in [6.45, 7) is 6.10. The summed E-state index contributed by atoms with van der Waals surface area (Å²) < 4.78 is 37.7. The highest BCUT2D eigenvalue weighted by molar-refractivity contribution is 5.94. The summed E-state index contributed by atoms with van der Waals surface area (Å²) in [7, 11) is 0. The van der Waals surface area contributed by atoms with Crippen LogP contribution in [-0.2, 0) is 11.0 Å². The molecular weight excluding hydrogens is 335 g/mol. The first kappa shape index (κ1) is 19.0. The fourth-order valence-corrected chi connectivity index (χ4v) is 2.54. The maximum Gasteiger partial charge on any atom is 0.416 e. The van der Waals surface area contributed by atoms with E-state index in [1.165, 1.54) is 12.1 Å². The quantitative estimate of drug-likeness (QED) is 0.819. The molecule has 1 saturated heterocycles. The molecule has 1 fully saturated rings. The number of piperazine rings is 1. The van der Waals surface area contributed by atoms with Crippen LogP contribution in [0.25, 0.3) is 0 Å². The minimum absolute atomic E-state index is 0.109. The Hall–Kier alpha value is -2.35. The summed E-state index contributed by atoms with van der Waals surface area (Å²) in [5.74, 6) is -0.410. The van der Waals surface area contributed by atoms with E-state index < -0.39 is 11.7 Å². The minimum atomic E-state index is -4.42. The van der Waals surface area contributed by atoms with Gasteiger partial charge in [-0.1, -0.05) is 6.08 Å². The molecule has 0 saturated carbocycles. The molecule has 5 nitrogen and oxygen atoms in total. The highest BCUT2D eigenvalue weighted by Crippen LogP contribution is 2.29. The molecule has 2 amide bonds. The van der Waals surface area contributed by atoms with Crippen molar-refractivity contribution in [3.63, 3.8) is 0 Å². The third-order valence-corrected chi connectivity index (χ3v) is 3.93. The number of hydrogen-bond donors (Lipinski definition) is 1. The molecule has 0 unspecified atom stereocenters. The van der Waals surface area contributed by atoms with Gasteiger partial charge in [0.05, 0.1) is 12.1 Å². The number of amides is 2. The molecule has 0 spiro atoms. The van der Waals surface area contributed by atoms with Crippen molar-refractivity contribution in [2.75, 3.05) is 39.3 Å². The largest absolute Gasteiger partial charge is 0.416 e. The molecule has 136 valence electrons. The molecular formula is C17H20F3N3O2. The van der Waals surface area contributed by atoms with Crippen LogP contribution in [0.4, 0.5) is 13.2 Å². The maximum atomic E-state index is 12.6. The maximum absolute atomic E-state index is 12.6. The van der Waals surface area contributed by atoms with E-state index in [0.717, 1.165) is 12.1 Å². The molecule has 1 heterocycles. The summed E-state index contributed by atoms with van der Waals surface area (Å²) >= 11 is 0. The molecule has 1 N–H and O–H groups in total. The molecule has 0 atom stereocenters. The van der Waals surface area contributed by atoms with Crippen LogP contribution in [0.5, 0.6) is 0 Å². The van der Waals surface area contributed by atoms with Gasteiger partial charge in [-0.2, -0.15) is 13.2 Å². The second kappa shape index (κ2) is 8.15. The van der Waals surface area contributed by atoms with Crippen molar-refractivity contribution in [2.45, 2.75) is 6.18 Å². The molecule has 8 heteroatoms. The van der Waals surface area contributed by atoms with Crippen molar-refractivity contribution in [2.24, 2.45) is 0 Å². The average molecular weight is 355 g/mol. The second-order valence-electron chi connectivity index (χ2n) is 5.74. The van der Waals surface area contributed by atoms with Crippen LogP contribution in [0.3, 0.4) is 0 Å². The molecule has 1 aromatic rings. The van der Waals surface area contributed by atoms with Crippen LogP contribution in [0.15, 0.2) is 36.9 Å². The van der Waals surface area contributed by atoms with E-state index in [1.807, 2.05) is 4.90 Å². The van der Waals surface area contributed by atoms with Gasteiger partial charge in [-0.25, -0.2) is 0 Å². The Kier molecular flexibility index (Phi) is 6.19. The van der Waals surface area contributed by atoms with E-state index in [4.69, 9.17) is 0 Å². The Balaban J connectivity index is 1.86. The van der Waals surface area contributed by atoms with Crippen LogP contribution in [0, 0.1) is 0 Å². The number of rotatable bonds is 5. The third-order valence-electron chi connectivity index (χ3n) is 3.93. The minimum Gasteiger partial charge on any atom is -0.352 e. The Labute approximate surface area is 144 Å². The molecule has 25 heavy (non-hydrogen) atoms. The predicted octanol–water partition coefficient (Wildman–Crippen LogP) is 1.77. The fourth-order valence-electron chi connectivity index (χ4n) is 2.54. The Morgan fingerprint density at radius 2 is 1.72 bits per heavy atom. The standard InChI is InChI=1S/C17H20F3N3O2/c1-2-7-21-15(24)12-22-8-10-23(11-9-22)16(25)13-3-5-14(6-4-13)17(18,19)20/h2-6H,1,7-12H2,(H,21,24). The van der Waals surface area contributed by atoms with Gasteiger partial charge in [0.1, 0.15) is 0 Å². The smallest absolute Gasteiger partial charge is 0.352 e. The van der Waals surface area contributed by atoms with Gasteiger partial charge < -0.3 is 10.2 Å². The Bertz CT molecular complexity index is 621. The molecule has 0 radical (unpaired) electrons. The van der Waals surface area contributed by atoms with Crippen molar-refractivity contribution >= 4 is 11.8 Å². The first-order valence-electron chi connectivity index (χ1n) is 7.87. The van der Waals surface area contributed by atoms with Crippen LogP contribution >= 0.6 is 0 Å². The Morgan fingerprint density at radius 3 is 2.24 bits per heavy atom. The molecule has 1 aliphatic heterocycles. The van der Waals surface area contributed by atoms with E-state index in [-0.39, 0.29) is 23.9 Å². The van der Waals surface area contributed by atoms with Crippen LogP contribution in [-0.4, -0.2) is 60.9 Å². The topological polar surface area (TPSA) is 52.7 Å². The number of nitrogens with one attached hydrogen (secondary N) is 1. The lowest BCUT2D eigenvalue weighted by Crippen LogP contribution is -2.51. The van der Waals surface area contributed by atoms with Gasteiger partial charge >= 0.3 is 6.18 Å². The number of halogens is 3. The lowest BCUT2D eigenvalue weighted by atomic mass is 10.1. The van der Waals surface area contributed by atoms with Crippen molar-refractivity contribution in [1.29, 1.82) is 0 Å². The SMILES string of the molecule is C=CCNC(=O)CN1CCN(C(=O)c2ccc(C(F)(F)F)cc2)CC1. The van der Waals surface area contributed by atoms with Crippen molar-refractivity contribution in [3.8, 4) is 0 Å². The van der Waals surface area contributed by atoms with Crippen molar-refractivity contribution < 1.29 is 22.8 Å². The molecule has 0 aliphatic carbocycles. The van der Waals surface area contributed by atoms with Crippen LogP contribution < -0.4 is 5.32 Å². The molecule has 0 aromatic heterocycles. The monoisotopic (exact) mass is 355 g/mol. The second-order valence-corrected chi connectivity index (χ2v) is 5.74. The van der Waals surface area contributed by atoms with Gasteiger partial charge in [-0.05, 0) is 24.3 Å². The highest BCUT2D eigenvalue weighted by atomic mass is 19.4. The summed E-state index contributed by atoms with van der Waals surface area (Å²) in [6, 6.07) is 4.21. The molecule has 1 aromatic carbocycles. The van der Waals surface area contributed by atoms with E-state index in [9.17, 15) is 22.8 Å². The number of carbonyl (C=O) groups is 2. The summed E-state index contributed by atoms with van der Waals surface area (Å²) in [6.07, 6.45) is -2.82. The van der Waals surface area contributed by atoms with E-state index in [2.05, 4.69) is 11.9 Å². The number of alkyl halides is 3. The number of nitrogens with zero attached hydrogens (tertiary/aromatic N) is 2. The summed E-state index contributed by atoms with van der Waals surface area (Å²) in [5.41, 5.74) is -0.551.